The molecule has 1 saturated carbocycles. The molecule has 1 aromatic rings. The molecule has 6 nitrogen and oxygen atoms in total. The molecule has 2 rings (SSSR count). The summed E-state index contributed by atoms with van der Waals surface area (Å²) in [6.07, 6.45) is 5.77. The maximum atomic E-state index is 10.8. The van der Waals surface area contributed by atoms with E-state index in [0.29, 0.717) is 24.2 Å². The molecule has 0 aliphatic heterocycles. The van der Waals surface area contributed by atoms with Gasteiger partial charge in [-0.15, -0.1) is 0 Å². The van der Waals surface area contributed by atoms with Crippen molar-refractivity contribution < 1.29 is 9.90 Å². The van der Waals surface area contributed by atoms with E-state index in [1.807, 2.05) is 6.07 Å². The van der Waals surface area contributed by atoms with Crippen LogP contribution in [0.2, 0.25) is 0 Å². The molecule has 2 N–H and O–H groups in total. The highest BCUT2D eigenvalue weighted by molar-refractivity contribution is 5.70. The molecule has 0 saturated heterocycles. The third-order valence-corrected chi connectivity index (χ3v) is 3.25. The van der Waals surface area contributed by atoms with Crippen LogP contribution in [0.15, 0.2) is 12.5 Å². The maximum Gasteiger partial charge on any atom is 0.306 e. The Morgan fingerprint density at radius 3 is 2.78 bits per heavy atom. The lowest BCUT2D eigenvalue weighted by atomic mass is 9.86. The molecule has 1 heterocycles. The van der Waals surface area contributed by atoms with Crippen LogP contribution < -0.4 is 5.32 Å². The summed E-state index contributed by atoms with van der Waals surface area (Å²) in [7, 11) is 0. The Morgan fingerprint density at radius 2 is 2.17 bits per heavy atom. The van der Waals surface area contributed by atoms with Crippen LogP contribution >= 0.6 is 0 Å². The predicted octanol–water partition coefficient (Wildman–Crippen LogP) is 1.40. The van der Waals surface area contributed by atoms with E-state index in [1.165, 1.54) is 12.5 Å². The highest BCUT2D eigenvalue weighted by atomic mass is 16.4. The van der Waals surface area contributed by atoms with Crippen LogP contribution in [0.1, 0.15) is 31.2 Å². The van der Waals surface area contributed by atoms with Crippen LogP contribution in [0, 0.1) is 17.2 Å². The lowest BCUT2D eigenvalue weighted by Gasteiger charge is -2.27. The maximum absolute atomic E-state index is 10.8. The van der Waals surface area contributed by atoms with Crippen LogP contribution in [0.5, 0.6) is 0 Å². The Bertz CT molecular complexity index is 475. The third kappa shape index (κ3) is 2.74. The fraction of sp³-hybridized carbons (Fsp3) is 0.500. The molecular formula is C12H14N4O2. The zero-order chi connectivity index (χ0) is 13.0. The summed E-state index contributed by atoms with van der Waals surface area (Å²) in [4.78, 5) is 18.7. The summed E-state index contributed by atoms with van der Waals surface area (Å²) in [5, 5.41) is 21.0. The first kappa shape index (κ1) is 12.3. The van der Waals surface area contributed by atoms with E-state index in [1.54, 1.807) is 0 Å². The Morgan fingerprint density at radius 1 is 1.44 bits per heavy atom. The van der Waals surface area contributed by atoms with Gasteiger partial charge in [0.25, 0.3) is 0 Å². The lowest BCUT2D eigenvalue weighted by Crippen LogP contribution is -2.29. The second kappa shape index (κ2) is 5.45. The van der Waals surface area contributed by atoms with Crippen molar-refractivity contribution in [2.45, 2.75) is 31.7 Å². The molecule has 1 aliphatic carbocycles. The van der Waals surface area contributed by atoms with Gasteiger partial charge >= 0.3 is 5.97 Å². The summed E-state index contributed by atoms with van der Waals surface area (Å²) in [5.74, 6) is -0.414. The van der Waals surface area contributed by atoms with Crippen molar-refractivity contribution in [1.29, 1.82) is 5.26 Å². The standard InChI is InChI=1S/C12H14N4O2/c13-5-9-6-14-7-15-11(9)16-10-3-1-8(2-4-10)12(17)18/h6-8,10H,1-4H2,(H,17,18)(H,14,15,16). The number of nitrogens with zero attached hydrogens (tertiary/aromatic N) is 3. The number of carboxylic acids is 1. The normalized spacial score (nSPS) is 23.1. The molecule has 0 radical (unpaired) electrons. The summed E-state index contributed by atoms with van der Waals surface area (Å²) >= 11 is 0. The molecule has 0 amide bonds. The minimum Gasteiger partial charge on any atom is -0.481 e. The SMILES string of the molecule is N#Cc1cncnc1NC1CCC(C(=O)O)CC1. The number of rotatable bonds is 3. The summed E-state index contributed by atoms with van der Waals surface area (Å²) in [6.45, 7) is 0. The van der Waals surface area contributed by atoms with Gasteiger partial charge in [0.15, 0.2) is 0 Å². The number of nitriles is 1. The lowest BCUT2D eigenvalue weighted by molar-refractivity contribution is -0.142. The number of hydrogen-bond donors (Lipinski definition) is 2. The smallest absolute Gasteiger partial charge is 0.306 e. The summed E-state index contributed by atoms with van der Waals surface area (Å²) in [6, 6.07) is 2.21. The van der Waals surface area contributed by atoms with Crippen molar-refractivity contribution >= 4 is 11.8 Å². The molecule has 0 aromatic carbocycles. The number of hydrogen-bond acceptors (Lipinski definition) is 5. The minimum absolute atomic E-state index is 0.183. The molecule has 6 heteroatoms. The van der Waals surface area contributed by atoms with Crippen molar-refractivity contribution in [1.82, 2.24) is 9.97 Å². The van der Waals surface area contributed by atoms with Gasteiger partial charge in [0.05, 0.1) is 12.1 Å². The number of aromatic nitrogens is 2. The van der Waals surface area contributed by atoms with Crippen LogP contribution in [0.4, 0.5) is 5.82 Å². The first-order valence-electron chi connectivity index (χ1n) is 5.90. The molecule has 1 aliphatic rings. The van der Waals surface area contributed by atoms with Gasteiger partial charge in [-0.3, -0.25) is 4.79 Å². The number of carbonyl (C=O) groups is 1. The minimum atomic E-state index is -0.715. The van der Waals surface area contributed by atoms with E-state index in [-0.39, 0.29) is 12.0 Å². The topological polar surface area (TPSA) is 98.9 Å². The zero-order valence-electron chi connectivity index (χ0n) is 9.83. The monoisotopic (exact) mass is 246 g/mol. The van der Waals surface area contributed by atoms with Gasteiger partial charge in [-0.1, -0.05) is 0 Å². The molecular weight excluding hydrogens is 232 g/mol. The Hall–Kier alpha value is -2.16. The largest absolute Gasteiger partial charge is 0.481 e. The molecule has 0 atom stereocenters. The van der Waals surface area contributed by atoms with Crippen LogP contribution in [-0.4, -0.2) is 27.1 Å². The fourth-order valence-electron chi connectivity index (χ4n) is 2.20. The van der Waals surface area contributed by atoms with Gasteiger partial charge in [0, 0.05) is 6.04 Å². The van der Waals surface area contributed by atoms with Crippen LogP contribution in [0.3, 0.4) is 0 Å². The van der Waals surface area contributed by atoms with Crippen LogP contribution in [-0.2, 0) is 4.79 Å². The van der Waals surface area contributed by atoms with Gasteiger partial charge in [-0.05, 0) is 25.7 Å². The van der Waals surface area contributed by atoms with E-state index in [4.69, 9.17) is 10.4 Å². The average molecular weight is 246 g/mol. The average Bonchev–Trinajstić information content (AvgIpc) is 2.40. The van der Waals surface area contributed by atoms with Gasteiger partial charge in [0.2, 0.25) is 0 Å². The first-order valence-corrected chi connectivity index (χ1v) is 5.90. The van der Waals surface area contributed by atoms with Gasteiger partial charge in [-0.25, -0.2) is 9.97 Å². The van der Waals surface area contributed by atoms with Crippen molar-refractivity contribution in [2.75, 3.05) is 5.32 Å². The van der Waals surface area contributed by atoms with Crippen molar-refractivity contribution in [2.24, 2.45) is 5.92 Å². The van der Waals surface area contributed by atoms with E-state index < -0.39 is 5.97 Å². The fourth-order valence-corrected chi connectivity index (χ4v) is 2.20. The third-order valence-electron chi connectivity index (χ3n) is 3.25. The molecule has 0 bridgehead atoms. The van der Waals surface area contributed by atoms with E-state index in [0.717, 1.165) is 12.8 Å². The number of anilines is 1. The van der Waals surface area contributed by atoms with Gasteiger partial charge in [0.1, 0.15) is 23.8 Å². The summed E-state index contributed by atoms with van der Waals surface area (Å²) in [5.41, 5.74) is 0.415. The van der Waals surface area contributed by atoms with Crippen molar-refractivity contribution in [3.05, 3.63) is 18.1 Å². The van der Waals surface area contributed by atoms with Crippen molar-refractivity contribution in [3.8, 4) is 6.07 Å². The number of nitrogens with one attached hydrogen (secondary N) is 1. The van der Waals surface area contributed by atoms with E-state index in [9.17, 15) is 4.79 Å². The second-order valence-electron chi connectivity index (χ2n) is 4.43. The predicted molar refractivity (Wildman–Crippen MR) is 63.8 cm³/mol. The molecule has 1 aromatic heterocycles. The Balaban J connectivity index is 1.96. The van der Waals surface area contributed by atoms with Gasteiger partial charge < -0.3 is 10.4 Å². The Kier molecular flexibility index (Phi) is 3.72. The molecule has 1 fully saturated rings. The molecule has 18 heavy (non-hydrogen) atoms. The van der Waals surface area contributed by atoms with Gasteiger partial charge in [-0.2, -0.15) is 5.26 Å². The Labute approximate surface area is 105 Å². The quantitative estimate of drug-likeness (QED) is 0.836. The highest BCUT2D eigenvalue weighted by Gasteiger charge is 2.26. The van der Waals surface area contributed by atoms with E-state index >= 15 is 0 Å². The van der Waals surface area contributed by atoms with E-state index in [2.05, 4.69) is 15.3 Å². The van der Waals surface area contributed by atoms with Crippen molar-refractivity contribution in [3.63, 3.8) is 0 Å². The second-order valence-corrected chi connectivity index (χ2v) is 4.43. The molecule has 0 spiro atoms. The van der Waals surface area contributed by atoms with Crippen LogP contribution in [0.25, 0.3) is 0 Å². The number of carboxylic acid groups (broad SMARTS) is 1. The molecule has 0 unspecified atom stereocenters. The molecule has 94 valence electrons. The zero-order valence-corrected chi connectivity index (χ0v) is 9.83. The summed E-state index contributed by atoms with van der Waals surface area (Å²) < 4.78 is 0. The highest BCUT2D eigenvalue weighted by Crippen LogP contribution is 2.26. The number of aliphatic carboxylic acids is 1. The first-order chi connectivity index (χ1) is 8.70.